The van der Waals surface area contributed by atoms with E-state index in [-0.39, 0.29) is 0 Å². The summed E-state index contributed by atoms with van der Waals surface area (Å²) < 4.78 is 0. The van der Waals surface area contributed by atoms with E-state index in [9.17, 15) is 0 Å². The van der Waals surface area contributed by atoms with Gasteiger partial charge in [0, 0.05) is 19.1 Å². The first kappa shape index (κ1) is 12.3. The van der Waals surface area contributed by atoms with Gasteiger partial charge in [0.15, 0.2) is 0 Å². The number of rotatable bonds is 4. The molecule has 2 rings (SSSR count). The molecule has 0 atom stereocenters. The Kier molecular flexibility index (Phi) is 3.96. The number of hydrogen-bond donors (Lipinski definition) is 2. The lowest BCUT2D eigenvalue weighted by Crippen LogP contribution is -2.41. The number of nitrogens with one attached hydrogen (secondary N) is 2. The third-order valence-corrected chi connectivity index (χ3v) is 3.17. The van der Waals surface area contributed by atoms with Gasteiger partial charge in [-0.05, 0) is 34.0 Å². The minimum Gasteiger partial charge on any atom is -0.339 e. The molecule has 1 saturated heterocycles. The van der Waals surface area contributed by atoms with Crippen LogP contribution in [0.25, 0.3) is 0 Å². The van der Waals surface area contributed by atoms with Crippen LogP contribution in [0.1, 0.15) is 18.7 Å². The lowest BCUT2D eigenvalue weighted by atomic mass is 10.1. The van der Waals surface area contributed by atoms with Crippen molar-refractivity contribution < 1.29 is 0 Å². The second kappa shape index (κ2) is 5.46. The molecular formula is C11H22N6. The highest BCUT2D eigenvalue weighted by molar-refractivity contribution is 5.29. The Hall–Kier alpha value is -1.14. The number of piperidine rings is 1. The van der Waals surface area contributed by atoms with Crippen molar-refractivity contribution in [2.45, 2.75) is 25.4 Å². The Morgan fingerprint density at radius 2 is 2.12 bits per heavy atom. The van der Waals surface area contributed by atoms with Gasteiger partial charge in [-0.3, -0.25) is 5.10 Å². The number of nitrogens with zero attached hydrogens (tertiary/aromatic N) is 4. The largest absolute Gasteiger partial charge is 0.339 e. The Balaban J connectivity index is 1.92. The molecule has 17 heavy (non-hydrogen) atoms. The van der Waals surface area contributed by atoms with Gasteiger partial charge in [0.1, 0.15) is 5.82 Å². The van der Waals surface area contributed by atoms with Crippen LogP contribution in [0.5, 0.6) is 0 Å². The minimum atomic E-state index is 0.645. The van der Waals surface area contributed by atoms with Gasteiger partial charge in [-0.1, -0.05) is 0 Å². The van der Waals surface area contributed by atoms with Crippen LogP contribution in [0.4, 0.5) is 5.95 Å². The highest BCUT2D eigenvalue weighted by atomic mass is 15.4. The molecule has 0 spiro atoms. The van der Waals surface area contributed by atoms with Gasteiger partial charge in [0.05, 0.1) is 6.54 Å². The number of aromatic nitrogens is 3. The first-order chi connectivity index (χ1) is 8.19. The first-order valence-corrected chi connectivity index (χ1v) is 6.17. The van der Waals surface area contributed by atoms with Crippen LogP contribution in [-0.4, -0.2) is 60.4 Å². The average Bonchev–Trinajstić information content (AvgIpc) is 2.77. The summed E-state index contributed by atoms with van der Waals surface area (Å²) in [6, 6.07) is 0.645. The lowest BCUT2D eigenvalue weighted by molar-refractivity contribution is 0.391. The standard InChI is InChI=1S/C11H22N6/c1-12-9-4-6-17(7-5-9)11-13-10(14-15-11)8-16(2)3/h9,12H,4-8H2,1-3H3,(H,13,14,15). The normalized spacial score (nSPS) is 18.0. The van der Waals surface area contributed by atoms with E-state index in [1.165, 1.54) is 0 Å². The smallest absolute Gasteiger partial charge is 0.244 e. The average molecular weight is 238 g/mol. The van der Waals surface area contributed by atoms with E-state index < -0.39 is 0 Å². The highest BCUT2D eigenvalue weighted by Gasteiger charge is 2.20. The number of anilines is 1. The van der Waals surface area contributed by atoms with Crippen LogP contribution in [0.3, 0.4) is 0 Å². The molecule has 1 aromatic rings. The highest BCUT2D eigenvalue weighted by Crippen LogP contribution is 2.15. The van der Waals surface area contributed by atoms with Crippen molar-refractivity contribution in [2.75, 3.05) is 39.1 Å². The zero-order chi connectivity index (χ0) is 12.3. The molecule has 0 radical (unpaired) electrons. The molecule has 2 N–H and O–H groups in total. The van der Waals surface area contributed by atoms with E-state index in [4.69, 9.17) is 0 Å². The third kappa shape index (κ3) is 3.17. The number of H-pyrrole nitrogens is 1. The summed E-state index contributed by atoms with van der Waals surface area (Å²) in [5, 5.41) is 10.6. The van der Waals surface area contributed by atoms with E-state index in [0.717, 1.165) is 44.2 Å². The molecule has 0 bridgehead atoms. The maximum Gasteiger partial charge on any atom is 0.244 e. The second-order valence-electron chi connectivity index (χ2n) is 4.87. The van der Waals surface area contributed by atoms with Gasteiger partial charge >= 0.3 is 0 Å². The molecule has 0 saturated carbocycles. The fraction of sp³-hybridized carbons (Fsp3) is 0.818. The van der Waals surface area contributed by atoms with Gasteiger partial charge in [-0.25, -0.2) is 0 Å². The SMILES string of the molecule is CNC1CCN(c2n[nH]c(CN(C)C)n2)CC1. The third-order valence-electron chi connectivity index (χ3n) is 3.17. The van der Waals surface area contributed by atoms with Crippen LogP contribution in [0.2, 0.25) is 0 Å². The predicted molar refractivity (Wildman–Crippen MR) is 68.1 cm³/mol. The van der Waals surface area contributed by atoms with Gasteiger partial charge in [-0.15, -0.1) is 5.10 Å². The van der Waals surface area contributed by atoms with Crippen molar-refractivity contribution >= 4 is 5.95 Å². The van der Waals surface area contributed by atoms with Gasteiger partial charge < -0.3 is 15.1 Å². The molecule has 6 nitrogen and oxygen atoms in total. The zero-order valence-electron chi connectivity index (χ0n) is 10.9. The van der Waals surface area contributed by atoms with E-state index in [0.29, 0.717) is 6.04 Å². The van der Waals surface area contributed by atoms with Gasteiger partial charge in [0.2, 0.25) is 5.95 Å². The Morgan fingerprint density at radius 1 is 1.41 bits per heavy atom. The molecule has 0 unspecified atom stereocenters. The number of aromatic amines is 1. The van der Waals surface area contributed by atoms with E-state index in [1.807, 2.05) is 21.1 Å². The van der Waals surface area contributed by atoms with Crippen LogP contribution < -0.4 is 10.2 Å². The summed E-state index contributed by atoms with van der Waals surface area (Å²) in [6.07, 6.45) is 2.32. The molecule has 2 heterocycles. The van der Waals surface area contributed by atoms with Crippen LogP contribution in [0.15, 0.2) is 0 Å². The fourth-order valence-electron chi connectivity index (χ4n) is 2.17. The summed E-state index contributed by atoms with van der Waals surface area (Å²) in [7, 11) is 6.09. The molecule has 1 aliphatic rings. The summed E-state index contributed by atoms with van der Waals surface area (Å²) >= 11 is 0. The van der Waals surface area contributed by atoms with Gasteiger partial charge in [0.25, 0.3) is 0 Å². The van der Waals surface area contributed by atoms with E-state index in [1.54, 1.807) is 0 Å². The second-order valence-corrected chi connectivity index (χ2v) is 4.87. The fourth-order valence-corrected chi connectivity index (χ4v) is 2.17. The van der Waals surface area contributed by atoms with E-state index in [2.05, 4.69) is 30.3 Å². The Morgan fingerprint density at radius 3 is 2.71 bits per heavy atom. The quantitative estimate of drug-likeness (QED) is 0.776. The zero-order valence-corrected chi connectivity index (χ0v) is 10.9. The summed E-state index contributed by atoms with van der Waals surface area (Å²) in [4.78, 5) is 8.86. The van der Waals surface area contributed by atoms with Gasteiger partial charge in [-0.2, -0.15) is 4.98 Å². The molecule has 1 aliphatic heterocycles. The monoisotopic (exact) mass is 238 g/mol. The Labute approximate surface area is 102 Å². The predicted octanol–water partition coefficient (Wildman–Crippen LogP) is 0.0545. The van der Waals surface area contributed by atoms with Crippen LogP contribution in [-0.2, 0) is 6.54 Å². The molecule has 0 aromatic carbocycles. The lowest BCUT2D eigenvalue weighted by Gasteiger charge is -2.30. The van der Waals surface area contributed by atoms with Crippen LogP contribution in [0, 0.1) is 0 Å². The topological polar surface area (TPSA) is 60.1 Å². The maximum absolute atomic E-state index is 4.52. The van der Waals surface area contributed by atoms with E-state index >= 15 is 0 Å². The van der Waals surface area contributed by atoms with Crippen molar-refractivity contribution in [2.24, 2.45) is 0 Å². The van der Waals surface area contributed by atoms with Crippen LogP contribution >= 0.6 is 0 Å². The summed E-state index contributed by atoms with van der Waals surface area (Å²) in [5.74, 6) is 1.78. The maximum atomic E-state index is 4.52. The van der Waals surface area contributed by atoms with Crippen molar-refractivity contribution in [1.29, 1.82) is 0 Å². The molecule has 0 amide bonds. The number of hydrogen-bond acceptors (Lipinski definition) is 5. The summed E-state index contributed by atoms with van der Waals surface area (Å²) in [5.41, 5.74) is 0. The van der Waals surface area contributed by atoms with Crippen molar-refractivity contribution in [3.8, 4) is 0 Å². The van der Waals surface area contributed by atoms with Crippen molar-refractivity contribution in [3.63, 3.8) is 0 Å². The molecular weight excluding hydrogens is 216 g/mol. The van der Waals surface area contributed by atoms with Crippen molar-refractivity contribution in [1.82, 2.24) is 25.4 Å². The first-order valence-electron chi connectivity index (χ1n) is 6.17. The molecule has 96 valence electrons. The Bertz CT molecular complexity index is 339. The molecule has 1 aromatic heterocycles. The minimum absolute atomic E-state index is 0.645. The molecule has 0 aliphatic carbocycles. The summed E-state index contributed by atoms with van der Waals surface area (Å²) in [6.45, 7) is 2.87. The van der Waals surface area contributed by atoms with Crippen molar-refractivity contribution in [3.05, 3.63) is 5.82 Å². The molecule has 6 heteroatoms. The molecule has 1 fully saturated rings.